The largest absolute Gasteiger partial charge is 0.0619 e. The van der Waals surface area contributed by atoms with E-state index in [1.54, 1.807) is 0 Å². The van der Waals surface area contributed by atoms with Gasteiger partial charge in [0.2, 0.25) is 0 Å². The average Bonchev–Trinajstić information content (AvgIpc) is 3.45. The van der Waals surface area contributed by atoms with Gasteiger partial charge in [-0.25, -0.2) is 0 Å². The van der Waals surface area contributed by atoms with Crippen LogP contribution in [0.1, 0.15) is 25.0 Å². The molecule has 0 nitrogen and oxygen atoms in total. The lowest BCUT2D eigenvalue weighted by molar-refractivity contribution is 0.660. The van der Waals surface area contributed by atoms with E-state index < -0.39 is 0 Å². The number of hydrogen-bond donors (Lipinski definition) is 0. The molecule has 0 heterocycles. The molecule has 0 heteroatoms. The van der Waals surface area contributed by atoms with Gasteiger partial charge in [0.25, 0.3) is 0 Å². The molecule has 0 amide bonds. The van der Waals surface area contributed by atoms with Gasteiger partial charge < -0.3 is 0 Å². The van der Waals surface area contributed by atoms with Crippen LogP contribution in [0.4, 0.5) is 0 Å². The van der Waals surface area contributed by atoms with Gasteiger partial charge in [0.1, 0.15) is 0 Å². The Morgan fingerprint density at radius 2 is 0.736 bits per heavy atom. The molecule has 53 heavy (non-hydrogen) atoms. The van der Waals surface area contributed by atoms with Gasteiger partial charge in [-0.3, -0.25) is 0 Å². The summed E-state index contributed by atoms with van der Waals surface area (Å²) in [7, 11) is 0. The average molecular weight is 673 g/mol. The molecule has 1 aliphatic rings. The van der Waals surface area contributed by atoms with Crippen LogP contribution in [0.2, 0.25) is 0 Å². The summed E-state index contributed by atoms with van der Waals surface area (Å²) in [5.41, 5.74) is 13.1. The van der Waals surface area contributed by atoms with Gasteiger partial charge in [-0.2, -0.15) is 0 Å². The molecule has 0 atom stereocenters. The zero-order valence-electron chi connectivity index (χ0n) is 29.8. The number of benzene rings is 10. The Bertz CT molecular complexity index is 3140. The van der Waals surface area contributed by atoms with Crippen molar-refractivity contribution >= 4 is 53.9 Å². The SMILES string of the molecule is CC1(C)c2ccccc2-c2ccc(-c3ccc4cc(-c5ccc6cc(-c7cc8c9ccccc9ccc8c8ccccc78)ccc6c5)ccc4c3)cc21. The minimum atomic E-state index is -0.00470. The van der Waals surface area contributed by atoms with Gasteiger partial charge in [-0.1, -0.05) is 159 Å². The van der Waals surface area contributed by atoms with Crippen LogP contribution in [0.5, 0.6) is 0 Å². The number of fused-ring (bicyclic) bond motifs is 10. The zero-order chi connectivity index (χ0) is 35.3. The summed E-state index contributed by atoms with van der Waals surface area (Å²) in [5, 5.41) is 12.8. The van der Waals surface area contributed by atoms with Crippen molar-refractivity contribution in [2.45, 2.75) is 19.3 Å². The topological polar surface area (TPSA) is 0 Å². The summed E-state index contributed by atoms with van der Waals surface area (Å²) in [6, 6.07) is 68.0. The molecule has 0 fully saturated rings. The van der Waals surface area contributed by atoms with Crippen molar-refractivity contribution in [1.29, 1.82) is 0 Å². The van der Waals surface area contributed by atoms with Crippen molar-refractivity contribution in [2.24, 2.45) is 0 Å². The molecule has 1 aliphatic carbocycles. The molecule has 0 unspecified atom stereocenters. The first-order valence-electron chi connectivity index (χ1n) is 18.7. The first kappa shape index (κ1) is 30.2. The molecular weight excluding hydrogens is 637 g/mol. The highest BCUT2D eigenvalue weighted by Crippen LogP contribution is 2.49. The monoisotopic (exact) mass is 672 g/mol. The number of hydrogen-bond acceptors (Lipinski definition) is 0. The quantitative estimate of drug-likeness (QED) is 0.164. The normalized spacial score (nSPS) is 13.2. The summed E-state index contributed by atoms with van der Waals surface area (Å²) < 4.78 is 0. The van der Waals surface area contributed by atoms with Gasteiger partial charge in [0.15, 0.2) is 0 Å². The molecule has 0 saturated carbocycles. The maximum absolute atomic E-state index is 2.41. The lowest BCUT2D eigenvalue weighted by Crippen LogP contribution is -2.14. The minimum Gasteiger partial charge on any atom is -0.0619 e. The van der Waals surface area contributed by atoms with Crippen LogP contribution in [0.15, 0.2) is 182 Å². The van der Waals surface area contributed by atoms with E-state index in [0.29, 0.717) is 0 Å². The second kappa shape index (κ2) is 11.2. The maximum atomic E-state index is 2.41. The Kier molecular flexibility index (Phi) is 6.40. The van der Waals surface area contributed by atoms with Gasteiger partial charge in [-0.15, -0.1) is 0 Å². The smallest absolute Gasteiger partial charge is 0.0159 e. The lowest BCUT2D eigenvalue weighted by Gasteiger charge is -2.22. The van der Waals surface area contributed by atoms with Crippen molar-refractivity contribution in [3.8, 4) is 44.5 Å². The van der Waals surface area contributed by atoms with Crippen molar-refractivity contribution in [2.75, 3.05) is 0 Å². The Balaban J connectivity index is 0.940. The first-order valence-corrected chi connectivity index (χ1v) is 18.7. The van der Waals surface area contributed by atoms with Gasteiger partial charge in [0.05, 0.1) is 0 Å². The fourth-order valence-corrected chi connectivity index (χ4v) is 9.18. The van der Waals surface area contributed by atoms with Gasteiger partial charge >= 0.3 is 0 Å². The Hall–Kier alpha value is -6.50. The Morgan fingerprint density at radius 3 is 1.43 bits per heavy atom. The Morgan fingerprint density at radius 1 is 0.264 bits per heavy atom. The summed E-state index contributed by atoms with van der Waals surface area (Å²) >= 11 is 0. The second-order valence-electron chi connectivity index (χ2n) is 15.3. The van der Waals surface area contributed by atoms with E-state index in [-0.39, 0.29) is 5.41 Å². The van der Waals surface area contributed by atoms with Gasteiger partial charge in [-0.05, 0) is 146 Å². The van der Waals surface area contributed by atoms with E-state index in [9.17, 15) is 0 Å². The molecule has 0 bridgehead atoms. The predicted octanol–water partition coefficient (Wildman–Crippen LogP) is 14.8. The van der Waals surface area contributed by atoms with Crippen LogP contribution < -0.4 is 0 Å². The van der Waals surface area contributed by atoms with Crippen LogP contribution in [-0.2, 0) is 5.41 Å². The number of rotatable bonds is 3. The maximum Gasteiger partial charge on any atom is 0.0159 e. The molecule has 0 saturated heterocycles. The molecule has 0 radical (unpaired) electrons. The highest BCUT2D eigenvalue weighted by atomic mass is 14.4. The molecule has 11 rings (SSSR count). The molecule has 0 spiro atoms. The molecule has 10 aromatic carbocycles. The third-order valence-corrected chi connectivity index (χ3v) is 12.0. The van der Waals surface area contributed by atoms with Crippen molar-refractivity contribution in [1.82, 2.24) is 0 Å². The van der Waals surface area contributed by atoms with Gasteiger partial charge in [0, 0.05) is 5.41 Å². The minimum absolute atomic E-state index is 0.00470. The van der Waals surface area contributed by atoms with Crippen molar-refractivity contribution < 1.29 is 0 Å². The third kappa shape index (κ3) is 4.62. The summed E-state index contributed by atoms with van der Waals surface area (Å²) in [6.07, 6.45) is 0. The van der Waals surface area contributed by atoms with Crippen LogP contribution in [0, 0.1) is 0 Å². The summed E-state index contributed by atoms with van der Waals surface area (Å²) in [4.78, 5) is 0. The van der Waals surface area contributed by atoms with Crippen LogP contribution in [0.25, 0.3) is 98.4 Å². The third-order valence-electron chi connectivity index (χ3n) is 12.0. The van der Waals surface area contributed by atoms with Crippen molar-refractivity contribution in [3.05, 3.63) is 193 Å². The fraction of sp³-hybridized carbons (Fsp3) is 0.0566. The van der Waals surface area contributed by atoms with Crippen LogP contribution >= 0.6 is 0 Å². The molecule has 0 aliphatic heterocycles. The first-order chi connectivity index (χ1) is 26.0. The molecule has 10 aromatic rings. The van der Waals surface area contributed by atoms with E-state index in [4.69, 9.17) is 0 Å². The fourth-order valence-electron chi connectivity index (χ4n) is 9.18. The zero-order valence-corrected chi connectivity index (χ0v) is 29.8. The summed E-state index contributed by atoms with van der Waals surface area (Å²) in [5.74, 6) is 0. The van der Waals surface area contributed by atoms with E-state index in [1.165, 1.54) is 109 Å². The van der Waals surface area contributed by atoms with E-state index in [0.717, 1.165) is 0 Å². The predicted molar refractivity (Wildman–Crippen MR) is 228 cm³/mol. The molecule has 248 valence electrons. The molecule has 0 N–H and O–H groups in total. The van der Waals surface area contributed by atoms with E-state index in [2.05, 4.69) is 196 Å². The van der Waals surface area contributed by atoms with Crippen LogP contribution in [0.3, 0.4) is 0 Å². The van der Waals surface area contributed by atoms with E-state index in [1.807, 2.05) is 0 Å². The highest BCUT2D eigenvalue weighted by molar-refractivity contribution is 6.21. The lowest BCUT2D eigenvalue weighted by atomic mass is 9.81. The standard InChI is InChI=1S/C53H36/c1-53(2)51-14-8-7-13-47(51)48-26-24-41(31-52(48)53)39-19-17-35-27-34(15-16-37(35)29-39)36-18-20-40-30-42(22-21-38(40)28-36)49-32-50-43-10-4-3-9-33(43)23-25-46(50)44-11-5-6-12-45(44)49/h3-32H,1-2H3. The van der Waals surface area contributed by atoms with E-state index >= 15 is 0 Å². The van der Waals surface area contributed by atoms with Crippen molar-refractivity contribution in [3.63, 3.8) is 0 Å². The molecule has 0 aromatic heterocycles. The second-order valence-corrected chi connectivity index (χ2v) is 15.3. The van der Waals surface area contributed by atoms with Crippen LogP contribution in [-0.4, -0.2) is 0 Å². The summed E-state index contributed by atoms with van der Waals surface area (Å²) in [6.45, 7) is 4.70. The highest BCUT2D eigenvalue weighted by Gasteiger charge is 2.35. The molecular formula is C53H36. The Labute approximate surface area is 309 Å².